The average molecular weight is 342 g/mol. The molecular weight excluding hydrogens is 312 g/mol. The minimum Gasteiger partial charge on any atom is -0.491 e. The highest BCUT2D eigenvalue weighted by Gasteiger charge is 2.04. The van der Waals surface area contributed by atoms with Crippen LogP contribution >= 0.6 is 0 Å². The topological polar surface area (TPSA) is 44.2 Å². The molecule has 0 spiro atoms. The standard InChI is InChI=1S/C21H30N2O2/c1-4-5-6-7-8-9-19-14-23-21(15-22-19)18-10-12-20(13-11-18)25-16-17(2)24-3/h10-15,17H,4-9,16H2,1-3H3. The summed E-state index contributed by atoms with van der Waals surface area (Å²) in [5.41, 5.74) is 3.02. The minimum atomic E-state index is 0.0834. The zero-order valence-electron chi connectivity index (χ0n) is 15.7. The summed E-state index contributed by atoms with van der Waals surface area (Å²) in [6, 6.07) is 7.95. The van der Waals surface area contributed by atoms with E-state index in [1.165, 1.54) is 32.1 Å². The molecule has 1 heterocycles. The van der Waals surface area contributed by atoms with Gasteiger partial charge in [0.1, 0.15) is 12.4 Å². The van der Waals surface area contributed by atoms with Crippen LogP contribution in [-0.4, -0.2) is 29.8 Å². The molecule has 1 aromatic carbocycles. The monoisotopic (exact) mass is 342 g/mol. The maximum atomic E-state index is 5.68. The molecule has 0 fully saturated rings. The van der Waals surface area contributed by atoms with E-state index in [1.54, 1.807) is 7.11 Å². The molecule has 2 aromatic rings. The molecule has 25 heavy (non-hydrogen) atoms. The highest BCUT2D eigenvalue weighted by atomic mass is 16.5. The zero-order valence-corrected chi connectivity index (χ0v) is 15.7. The van der Waals surface area contributed by atoms with Gasteiger partial charge >= 0.3 is 0 Å². The van der Waals surface area contributed by atoms with Gasteiger partial charge in [-0.15, -0.1) is 0 Å². The number of benzene rings is 1. The van der Waals surface area contributed by atoms with Crippen molar-refractivity contribution in [3.8, 4) is 17.0 Å². The predicted molar refractivity (Wildman–Crippen MR) is 102 cm³/mol. The van der Waals surface area contributed by atoms with Crippen molar-refractivity contribution in [2.75, 3.05) is 13.7 Å². The smallest absolute Gasteiger partial charge is 0.119 e. The van der Waals surface area contributed by atoms with E-state index in [4.69, 9.17) is 9.47 Å². The molecule has 136 valence electrons. The highest BCUT2D eigenvalue weighted by molar-refractivity contribution is 5.58. The second kappa shape index (κ2) is 10.8. The van der Waals surface area contributed by atoms with E-state index >= 15 is 0 Å². The number of unbranched alkanes of at least 4 members (excludes halogenated alkanes) is 4. The second-order valence-corrected chi connectivity index (χ2v) is 6.44. The molecule has 0 saturated heterocycles. The van der Waals surface area contributed by atoms with Crippen LogP contribution in [0.4, 0.5) is 0 Å². The Labute approximate surface area is 151 Å². The Morgan fingerprint density at radius 1 is 0.960 bits per heavy atom. The third-order valence-electron chi connectivity index (χ3n) is 4.28. The quantitative estimate of drug-likeness (QED) is 0.535. The molecule has 4 nitrogen and oxygen atoms in total. The van der Waals surface area contributed by atoms with Crippen LogP contribution in [0.25, 0.3) is 11.3 Å². The summed E-state index contributed by atoms with van der Waals surface area (Å²) in [6.45, 7) is 4.76. The van der Waals surface area contributed by atoms with Gasteiger partial charge in [-0.25, -0.2) is 0 Å². The lowest BCUT2D eigenvalue weighted by molar-refractivity contribution is 0.0717. The Balaban J connectivity index is 1.84. The first-order chi connectivity index (χ1) is 12.2. The molecule has 0 saturated carbocycles. The molecular formula is C21H30N2O2. The fraction of sp³-hybridized carbons (Fsp3) is 0.524. The summed E-state index contributed by atoms with van der Waals surface area (Å²) in [5, 5.41) is 0. The first-order valence-corrected chi connectivity index (χ1v) is 9.30. The molecule has 4 heteroatoms. The van der Waals surface area contributed by atoms with Crippen LogP contribution in [-0.2, 0) is 11.2 Å². The van der Waals surface area contributed by atoms with Crippen molar-refractivity contribution in [1.82, 2.24) is 9.97 Å². The Kier molecular flexibility index (Phi) is 8.40. The highest BCUT2D eigenvalue weighted by Crippen LogP contribution is 2.20. The van der Waals surface area contributed by atoms with Gasteiger partial charge in [0.2, 0.25) is 0 Å². The van der Waals surface area contributed by atoms with Crippen molar-refractivity contribution >= 4 is 0 Å². The fourth-order valence-corrected chi connectivity index (χ4v) is 2.55. The van der Waals surface area contributed by atoms with Gasteiger partial charge in [0, 0.05) is 18.9 Å². The lowest BCUT2D eigenvalue weighted by Gasteiger charge is -2.11. The summed E-state index contributed by atoms with van der Waals surface area (Å²) >= 11 is 0. The van der Waals surface area contributed by atoms with Crippen LogP contribution in [0.15, 0.2) is 36.7 Å². The number of hydrogen-bond donors (Lipinski definition) is 0. The number of nitrogens with zero attached hydrogens (tertiary/aromatic N) is 2. The number of methoxy groups -OCH3 is 1. The average Bonchev–Trinajstić information content (AvgIpc) is 2.67. The van der Waals surface area contributed by atoms with Gasteiger partial charge in [0.25, 0.3) is 0 Å². The molecule has 0 amide bonds. The molecule has 1 aromatic heterocycles. The van der Waals surface area contributed by atoms with E-state index < -0.39 is 0 Å². The van der Waals surface area contributed by atoms with Gasteiger partial charge in [-0.2, -0.15) is 0 Å². The maximum Gasteiger partial charge on any atom is 0.119 e. The summed E-state index contributed by atoms with van der Waals surface area (Å²) in [6.07, 6.45) is 11.3. The Morgan fingerprint density at radius 2 is 1.72 bits per heavy atom. The second-order valence-electron chi connectivity index (χ2n) is 6.44. The lowest BCUT2D eigenvalue weighted by Crippen LogP contribution is -2.15. The van der Waals surface area contributed by atoms with E-state index in [9.17, 15) is 0 Å². The van der Waals surface area contributed by atoms with Crippen molar-refractivity contribution in [2.45, 2.75) is 58.5 Å². The Morgan fingerprint density at radius 3 is 2.36 bits per heavy atom. The van der Waals surface area contributed by atoms with Crippen molar-refractivity contribution in [1.29, 1.82) is 0 Å². The Bertz CT molecular complexity index is 596. The number of rotatable bonds is 11. The van der Waals surface area contributed by atoms with Crippen LogP contribution in [0.3, 0.4) is 0 Å². The Hall–Kier alpha value is -1.94. The zero-order chi connectivity index (χ0) is 17.9. The summed E-state index contributed by atoms with van der Waals surface area (Å²) in [5.74, 6) is 0.837. The van der Waals surface area contributed by atoms with Crippen LogP contribution < -0.4 is 4.74 Å². The largest absolute Gasteiger partial charge is 0.491 e. The van der Waals surface area contributed by atoms with E-state index in [1.807, 2.05) is 43.6 Å². The minimum absolute atomic E-state index is 0.0834. The SMILES string of the molecule is CCCCCCCc1cnc(-c2ccc(OCC(C)OC)cc2)cn1. The normalized spacial score (nSPS) is 12.1. The van der Waals surface area contributed by atoms with E-state index in [-0.39, 0.29) is 6.10 Å². The molecule has 2 rings (SSSR count). The van der Waals surface area contributed by atoms with E-state index in [0.29, 0.717) is 6.61 Å². The number of aromatic nitrogens is 2. The predicted octanol–water partition coefficient (Wildman–Crippen LogP) is 5.07. The third-order valence-corrected chi connectivity index (χ3v) is 4.28. The van der Waals surface area contributed by atoms with Crippen molar-refractivity contribution < 1.29 is 9.47 Å². The molecule has 0 radical (unpaired) electrons. The number of aryl methyl sites for hydroxylation is 1. The molecule has 1 unspecified atom stereocenters. The third kappa shape index (κ3) is 6.83. The number of hydrogen-bond acceptors (Lipinski definition) is 4. The van der Waals surface area contributed by atoms with Gasteiger partial charge in [-0.3, -0.25) is 9.97 Å². The van der Waals surface area contributed by atoms with Crippen LogP contribution in [0.2, 0.25) is 0 Å². The first-order valence-electron chi connectivity index (χ1n) is 9.30. The maximum absolute atomic E-state index is 5.68. The molecule has 0 N–H and O–H groups in total. The van der Waals surface area contributed by atoms with Crippen LogP contribution in [0.5, 0.6) is 5.75 Å². The van der Waals surface area contributed by atoms with E-state index in [0.717, 1.165) is 29.1 Å². The number of ether oxygens (including phenoxy) is 2. The summed E-state index contributed by atoms with van der Waals surface area (Å²) in [7, 11) is 1.69. The fourth-order valence-electron chi connectivity index (χ4n) is 2.55. The van der Waals surface area contributed by atoms with Crippen molar-refractivity contribution in [3.05, 3.63) is 42.4 Å². The molecule has 0 aliphatic rings. The molecule has 0 aliphatic carbocycles. The molecule has 0 bridgehead atoms. The van der Waals surface area contributed by atoms with Gasteiger partial charge in [-0.1, -0.05) is 32.6 Å². The molecule has 0 aliphatic heterocycles. The van der Waals surface area contributed by atoms with Crippen LogP contribution in [0.1, 0.15) is 51.6 Å². The summed E-state index contributed by atoms with van der Waals surface area (Å²) < 4.78 is 10.9. The van der Waals surface area contributed by atoms with Gasteiger partial charge in [-0.05, 0) is 44.0 Å². The molecule has 1 atom stereocenters. The van der Waals surface area contributed by atoms with Crippen LogP contribution in [0, 0.1) is 0 Å². The van der Waals surface area contributed by atoms with Gasteiger partial charge in [0.15, 0.2) is 0 Å². The van der Waals surface area contributed by atoms with Crippen molar-refractivity contribution in [3.63, 3.8) is 0 Å². The van der Waals surface area contributed by atoms with Gasteiger partial charge in [0.05, 0.1) is 23.7 Å². The summed E-state index contributed by atoms with van der Waals surface area (Å²) in [4.78, 5) is 9.11. The van der Waals surface area contributed by atoms with Gasteiger partial charge < -0.3 is 9.47 Å². The first kappa shape index (κ1) is 19.4. The lowest BCUT2D eigenvalue weighted by atomic mass is 10.1. The van der Waals surface area contributed by atoms with Crippen molar-refractivity contribution in [2.24, 2.45) is 0 Å². The van der Waals surface area contributed by atoms with E-state index in [2.05, 4.69) is 16.9 Å².